The molecule has 17 heavy (non-hydrogen) atoms. The lowest BCUT2D eigenvalue weighted by atomic mass is 10.1. The number of amides is 1. The van der Waals surface area contributed by atoms with Gasteiger partial charge in [0.15, 0.2) is 0 Å². The van der Waals surface area contributed by atoms with E-state index in [1.807, 2.05) is 24.3 Å². The van der Waals surface area contributed by atoms with Crippen molar-refractivity contribution in [2.24, 2.45) is 11.7 Å². The molecule has 0 radical (unpaired) electrons. The molecule has 1 aliphatic rings. The summed E-state index contributed by atoms with van der Waals surface area (Å²) in [4.78, 5) is 11.7. The van der Waals surface area contributed by atoms with Gasteiger partial charge in [-0.1, -0.05) is 0 Å². The van der Waals surface area contributed by atoms with Crippen LogP contribution in [0, 0.1) is 5.92 Å². The summed E-state index contributed by atoms with van der Waals surface area (Å²) in [5, 5.41) is 2.83. The van der Waals surface area contributed by atoms with Crippen LogP contribution in [0.1, 0.15) is 19.3 Å². The molecule has 3 N–H and O–H groups in total. The first kappa shape index (κ1) is 11.9. The number of rotatable bonds is 5. The van der Waals surface area contributed by atoms with Crippen LogP contribution >= 0.6 is 0 Å². The van der Waals surface area contributed by atoms with E-state index < -0.39 is 0 Å². The predicted octanol–water partition coefficient (Wildman–Crippen LogP) is 1.76. The standard InChI is InChI=1S/C13H18N2O2/c1-17-11-6-4-10(5-7-11)15-13(16)8-12(14)9-2-3-9/h4-7,9,12H,2-3,8,14H2,1H3,(H,15,16). The molecule has 4 heteroatoms. The summed E-state index contributed by atoms with van der Waals surface area (Å²) in [7, 11) is 1.61. The average molecular weight is 234 g/mol. The minimum absolute atomic E-state index is 0.00764. The van der Waals surface area contributed by atoms with E-state index in [4.69, 9.17) is 10.5 Å². The van der Waals surface area contributed by atoms with E-state index >= 15 is 0 Å². The summed E-state index contributed by atoms with van der Waals surface area (Å²) >= 11 is 0. The van der Waals surface area contributed by atoms with E-state index in [2.05, 4.69) is 5.32 Å². The van der Waals surface area contributed by atoms with Gasteiger partial charge in [-0.3, -0.25) is 4.79 Å². The van der Waals surface area contributed by atoms with Gasteiger partial charge in [-0.25, -0.2) is 0 Å². The normalized spacial score (nSPS) is 16.4. The molecule has 0 aliphatic heterocycles. The van der Waals surface area contributed by atoms with E-state index in [9.17, 15) is 4.79 Å². The second kappa shape index (κ2) is 5.19. The molecule has 1 unspecified atom stereocenters. The van der Waals surface area contributed by atoms with Crippen LogP contribution in [0.2, 0.25) is 0 Å². The summed E-state index contributed by atoms with van der Waals surface area (Å²) in [6, 6.07) is 7.28. The molecule has 1 aromatic rings. The molecule has 4 nitrogen and oxygen atoms in total. The van der Waals surface area contributed by atoms with Crippen molar-refractivity contribution in [2.45, 2.75) is 25.3 Å². The molecule has 1 aliphatic carbocycles. The van der Waals surface area contributed by atoms with E-state index in [1.165, 1.54) is 0 Å². The molecule has 1 saturated carbocycles. The third-order valence-electron chi connectivity index (χ3n) is 3.02. The number of benzene rings is 1. The fourth-order valence-corrected chi connectivity index (χ4v) is 1.79. The van der Waals surface area contributed by atoms with Gasteiger partial charge in [0.25, 0.3) is 0 Å². The number of carbonyl (C=O) groups excluding carboxylic acids is 1. The molecule has 1 fully saturated rings. The molecule has 2 rings (SSSR count). The Morgan fingerprint density at radius 2 is 2.12 bits per heavy atom. The number of methoxy groups -OCH3 is 1. The van der Waals surface area contributed by atoms with Crippen molar-refractivity contribution in [1.82, 2.24) is 0 Å². The summed E-state index contributed by atoms with van der Waals surface area (Å²) < 4.78 is 5.05. The Balaban J connectivity index is 1.84. The Morgan fingerprint density at radius 3 is 2.65 bits per heavy atom. The molecular formula is C13H18N2O2. The highest BCUT2D eigenvalue weighted by Crippen LogP contribution is 2.32. The number of nitrogens with one attached hydrogen (secondary N) is 1. The van der Waals surface area contributed by atoms with Crippen molar-refractivity contribution in [3.05, 3.63) is 24.3 Å². The van der Waals surface area contributed by atoms with Crippen LogP contribution in [0.5, 0.6) is 5.75 Å². The molecule has 0 saturated heterocycles. The van der Waals surface area contributed by atoms with Crippen molar-refractivity contribution < 1.29 is 9.53 Å². The molecule has 0 aromatic heterocycles. The van der Waals surface area contributed by atoms with Crippen molar-refractivity contribution in [3.63, 3.8) is 0 Å². The second-order valence-corrected chi connectivity index (χ2v) is 4.48. The van der Waals surface area contributed by atoms with Gasteiger partial charge in [-0.15, -0.1) is 0 Å². The van der Waals surface area contributed by atoms with Crippen LogP contribution in [0.4, 0.5) is 5.69 Å². The Kier molecular flexibility index (Phi) is 3.64. The Hall–Kier alpha value is -1.55. The average Bonchev–Trinajstić information content (AvgIpc) is 3.13. The fraction of sp³-hybridized carbons (Fsp3) is 0.462. The topological polar surface area (TPSA) is 64.3 Å². The number of anilines is 1. The Labute approximate surface area is 101 Å². The zero-order valence-corrected chi connectivity index (χ0v) is 9.98. The lowest BCUT2D eigenvalue weighted by Crippen LogP contribution is -2.28. The maximum atomic E-state index is 11.7. The summed E-state index contributed by atoms with van der Waals surface area (Å²) in [5.74, 6) is 1.31. The van der Waals surface area contributed by atoms with Crippen LogP contribution in [0.15, 0.2) is 24.3 Å². The van der Waals surface area contributed by atoms with Gasteiger partial charge >= 0.3 is 0 Å². The van der Waals surface area contributed by atoms with Gasteiger partial charge in [0, 0.05) is 18.2 Å². The third-order valence-corrected chi connectivity index (χ3v) is 3.02. The predicted molar refractivity (Wildman–Crippen MR) is 66.9 cm³/mol. The van der Waals surface area contributed by atoms with Crippen molar-refractivity contribution in [1.29, 1.82) is 0 Å². The molecule has 0 bridgehead atoms. The van der Waals surface area contributed by atoms with Crippen LogP contribution in [-0.2, 0) is 4.79 Å². The molecule has 0 spiro atoms. The van der Waals surface area contributed by atoms with E-state index in [1.54, 1.807) is 7.11 Å². The Morgan fingerprint density at radius 1 is 1.47 bits per heavy atom. The monoisotopic (exact) mass is 234 g/mol. The van der Waals surface area contributed by atoms with Crippen molar-refractivity contribution in [2.75, 3.05) is 12.4 Å². The Bertz CT molecular complexity index is 385. The lowest BCUT2D eigenvalue weighted by Gasteiger charge is -2.10. The minimum Gasteiger partial charge on any atom is -0.497 e. The first-order valence-electron chi connectivity index (χ1n) is 5.88. The first-order valence-corrected chi connectivity index (χ1v) is 5.88. The van der Waals surface area contributed by atoms with E-state index in [0.717, 1.165) is 24.3 Å². The van der Waals surface area contributed by atoms with Gasteiger partial charge in [-0.05, 0) is 43.0 Å². The first-order chi connectivity index (χ1) is 8.19. The largest absolute Gasteiger partial charge is 0.497 e. The molecule has 0 heterocycles. The zero-order valence-electron chi connectivity index (χ0n) is 9.98. The smallest absolute Gasteiger partial charge is 0.225 e. The number of ether oxygens (including phenoxy) is 1. The highest BCUT2D eigenvalue weighted by atomic mass is 16.5. The highest BCUT2D eigenvalue weighted by molar-refractivity contribution is 5.91. The SMILES string of the molecule is COc1ccc(NC(=O)CC(N)C2CC2)cc1. The fourth-order valence-electron chi connectivity index (χ4n) is 1.79. The summed E-state index contributed by atoms with van der Waals surface area (Å²) in [6.07, 6.45) is 2.73. The molecule has 1 amide bonds. The molecular weight excluding hydrogens is 216 g/mol. The highest BCUT2D eigenvalue weighted by Gasteiger charge is 2.29. The number of hydrogen-bond donors (Lipinski definition) is 2. The third kappa shape index (κ3) is 3.46. The molecule has 1 aromatic carbocycles. The van der Waals surface area contributed by atoms with Gasteiger partial charge < -0.3 is 15.8 Å². The molecule has 1 atom stereocenters. The van der Waals surface area contributed by atoms with E-state index in [0.29, 0.717) is 12.3 Å². The quantitative estimate of drug-likeness (QED) is 0.816. The number of hydrogen-bond acceptors (Lipinski definition) is 3. The lowest BCUT2D eigenvalue weighted by molar-refractivity contribution is -0.116. The maximum Gasteiger partial charge on any atom is 0.225 e. The number of nitrogens with two attached hydrogens (primary N) is 1. The zero-order chi connectivity index (χ0) is 12.3. The van der Waals surface area contributed by atoms with Crippen molar-refractivity contribution >= 4 is 11.6 Å². The van der Waals surface area contributed by atoms with Crippen LogP contribution < -0.4 is 15.8 Å². The summed E-state index contributed by atoms with van der Waals surface area (Å²) in [6.45, 7) is 0. The van der Waals surface area contributed by atoms with Gasteiger partial charge in [0.2, 0.25) is 5.91 Å². The van der Waals surface area contributed by atoms with Crippen molar-refractivity contribution in [3.8, 4) is 5.75 Å². The number of carbonyl (C=O) groups is 1. The molecule has 92 valence electrons. The second-order valence-electron chi connectivity index (χ2n) is 4.48. The summed E-state index contributed by atoms with van der Waals surface area (Å²) in [5.41, 5.74) is 6.68. The van der Waals surface area contributed by atoms with E-state index in [-0.39, 0.29) is 11.9 Å². The maximum absolute atomic E-state index is 11.7. The minimum atomic E-state index is -0.0189. The van der Waals surface area contributed by atoms with Gasteiger partial charge in [0.1, 0.15) is 5.75 Å². The van der Waals surface area contributed by atoms with Crippen LogP contribution in [0.3, 0.4) is 0 Å². The van der Waals surface area contributed by atoms with Gasteiger partial charge in [0.05, 0.1) is 7.11 Å². The van der Waals surface area contributed by atoms with Crippen LogP contribution in [0.25, 0.3) is 0 Å². The van der Waals surface area contributed by atoms with Gasteiger partial charge in [-0.2, -0.15) is 0 Å². The van der Waals surface area contributed by atoms with Crippen LogP contribution in [-0.4, -0.2) is 19.1 Å².